The number of nitrogens with two attached hydrogens (primary N) is 1. The monoisotopic (exact) mass is 257 g/mol. The van der Waals surface area contributed by atoms with Gasteiger partial charge >= 0.3 is 18.2 Å². The average molecular weight is 257 g/mol. The van der Waals surface area contributed by atoms with Crippen molar-refractivity contribution in [2.75, 3.05) is 13.2 Å². The maximum atomic E-state index is 12.7. The smallest absolute Gasteiger partial charge is 0.338 e. The van der Waals surface area contributed by atoms with Crippen molar-refractivity contribution >= 4 is 0 Å². The van der Waals surface area contributed by atoms with Crippen molar-refractivity contribution in [1.29, 1.82) is 0 Å². The van der Waals surface area contributed by atoms with Crippen LogP contribution in [-0.4, -0.2) is 31.4 Å². The molecule has 0 aliphatic carbocycles. The van der Waals surface area contributed by atoms with Gasteiger partial charge in [-0.05, 0) is 0 Å². The molecule has 0 bridgehead atoms. The van der Waals surface area contributed by atoms with Gasteiger partial charge in [0.15, 0.2) is 0 Å². The maximum absolute atomic E-state index is 12.7. The van der Waals surface area contributed by atoms with Gasteiger partial charge in [0.1, 0.15) is 0 Å². The van der Waals surface area contributed by atoms with Gasteiger partial charge in [0.2, 0.25) is 0 Å². The molecular weight excluding hydrogens is 247 g/mol. The van der Waals surface area contributed by atoms with Crippen molar-refractivity contribution in [2.45, 2.75) is 25.1 Å². The number of alkyl halides is 7. The molecule has 0 heterocycles. The quantitative estimate of drug-likeness (QED) is 0.785. The van der Waals surface area contributed by atoms with Crippen molar-refractivity contribution in [3.05, 3.63) is 0 Å². The molecule has 0 aromatic rings. The van der Waals surface area contributed by atoms with Crippen LogP contribution in [0.25, 0.3) is 0 Å². The zero-order valence-corrected chi connectivity index (χ0v) is 8.12. The lowest BCUT2D eigenvalue weighted by Crippen LogP contribution is -2.44. The summed E-state index contributed by atoms with van der Waals surface area (Å²) in [6, 6.07) is 0. The van der Waals surface area contributed by atoms with Crippen LogP contribution in [0, 0.1) is 5.92 Å². The molecule has 98 valence electrons. The minimum atomic E-state index is -5.39. The number of rotatable bonds is 4. The summed E-state index contributed by atoms with van der Waals surface area (Å²) in [6.45, 7) is -2.46. The summed E-state index contributed by atoms with van der Waals surface area (Å²) in [6.07, 6.45) is -10.2. The van der Waals surface area contributed by atoms with Crippen LogP contribution in [0.3, 0.4) is 0 Å². The molecule has 0 aromatic heterocycles. The molecule has 0 fully saturated rings. The van der Waals surface area contributed by atoms with Crippen molar-refractivity contribution in [3.8, 4) is 0 Å². The van der Waals surface area contributed by atoms with Crippen LogP contribution in [-0.2, 0) is 4.74 Å². The highest BCUT2D eigenvalue weighted by molar-refractivity contribution is 4.74. The minimum Gasteiger partial charge on any atom is -0.338 e. The van der Waals surface area contributed by atoms with Crippen molar-refractivity contribution in [2.24, 2.45) is 11.7 Å². The van der Waals surface area contributed by atoms with Crippen molar-refractivity contribution in [3.63, 3.8) is 0 Å². The van der Waals surface area contributed by atoms with E-state index in [9.17, 15) is 30.7 Å². The summed E-state index contributed by atoms with van der Waals surface area (Å²) < 4.78 is 88.0. The Bertz CT molecular complexity index is 222. The normalized spacial score (nSPS) is 19.3. The maximum Gasteiger partial charge on any atom is 0.448 e. The molecule has 0 rings (SSSR count). The van der Waals surface area contributed by atoms with Gasteiger partial charge in [-0.2, -0.15) is 26.3 Å². The van der Waals surface area contributed by atoms with Crippen LogP contribution in [0.2, 0.25) is 0 Å². The van der Waals surface area contributed by atoms with E-state index in [-0.39, 0.29) is 6.92 Å². The van der Waals surface area contributed by atoms with E-state index in [1.807, 2.05) is 0 Å². The molecule has 0 radical (unpaired) electrons. The highest BCUT2D eigenvalue weighted by atomic mass is 19.4. The molecule has 16 heavy (non-hydrogen) atoms. The molecule has 0 saturated heterocycles. The minimum absolute atomic E-state index is 0.00302. The zero-order chi connectivity index (χ0) is 13.2. The summed E-state index contributed by atoms with van der Waals surface area (Å²) in [5.41, 5.74) is 4.69. The van der Waals surface area contributed by atoms with Crippen LogP contribution in [0.1, 0.15) is 6.92 Å². The molecule has 0 aromatic carbocycles. The van der Waals surface area contributed by atoms with Crippen LogP contribution in [0.5, 0.6) is 0 Å². The van der Waals surface area contributed by atoms with Gasteiger partial charge in [0, 0.05) is 13.5 Å². The first-order valence-corrected chi connectivity index (χ1v) is 4.08. The van der Waals surface area contributed by atoms with Gasteiger partial charge in [-0.25, -0.2) is 4.39 Å². The van der Waals surface area contributed by atoms with Crippen LogP contribution >= 0.6 is 0 Å². The predicted octanol–water partition coefficient (Wildman–Crippen LogP) is 2.39. The Balaban J connectivity index is 4.44. The lowest BCUT2D eigenvalue weighted by Gasteiger charge is -2.26. The predicted molar refractivity (Wildman–Crippen MR) is 40.1 cm³/mol. The number of halogens is 7. The Labute approximate surface area is 86.5 Å². The summed E-state index contributed by atoms with van der Waals surface area (Å²) in [4.78, 5) is 0. The fourth-order valence-electron chi connectivity index (χ4n) is 0.635. The number of ether oxygens (including phenoxy) is 1. The highest BCUT2D eigenvalue weighted by Gasteiger charge is 2.54. The molecule has 2 N–H and O–H groups in total. The summed E-state index contributed by atoms with van der Waals surface area (Å²) >= 11 is 0. The molecule has 0 aliphatic heterocycles. The second-order valence-electron chi connectivity index (χ2n) is 3.20. The van der Waals surface area contributed by atoms with E-state index in [4.69, 9.17) is 5.73 Å². The second kappa shape index (κ2) is 4.74. The van der Waals surface area contributed by atoms with Gasteiger partial charge in [-0.1, -0.05) is 0 Å². The van der Waals surface area contributed by atoms with E-state index >= 15 is 0 Å². The Morgan fingerprint density at radius 1 is 1.06 bits per heavy atom. The summed E-state index contributed by atoms with van der Waals surface area (Å²) in [5, 5.41) is 0. The van der Waals surface area contributed by atoms with Crippen LogP contribution in [0.15, 0.2) is 0 Å². The van der Waals surface area contributed by atoms with E-state index in [1.54, 1.807) is 0 Å². The fourth-order valence-corrected chi connectivity index (χ4v) is 0.635. The van der Waals surface area contributed by atoms with Gasteiger partial charge in [-0.15, -0.1) is 0 Å². The first-order chi connectivity index (χ1) is 6.92. The summed E-state index contributed by atoms with van der Waals surface area (Å²) in [7, 11) is 0. The van der Waals surface area contributed by atoms with Crippen molar-refractivity contribution < 1.29 is 35.5 Å². The molecule has 9 heteroatoms. The topological polar surface area (TPSA) is 35.2 Å². The second-order valence-corrected chi connectivity index (χ2v) is 3.20. The van der Waals surface area contributed by atoms with Gasteiger partial charge < -0.3 is 10.5 Å². The Hall–Kier alpha value is -0.570. The molecule has 2 atom stereocenters. The van der Waals surface area contributed by atoms with E-state index in [1.165, 1.54) is 0 Å². The molecule has 0 amide bonds. The van der Waals surface area contributed by atoms with Crippen molar-refractivity contribution in [1.82, 2.24) is 0 Å². The standard InChI is InChI=1S/C7H10F7NO/c1-5(8,7(12,13)14)16-3-4(2-15)6(9,10)11/h4H,2-3,15H2,1H3. The molecular formula is C7H10F7NO. The fraction of sp³-hybridized carbons (Fsp3) is 1.00. The summed E-state index contributed by atoms with van der Waals surface area (Å²) in [5.74, 6) is -6.45. The SMILES string of the molecule is CC(F)(OCC(CN)C(F)(F)F)C(F)(F)F. The van der Waals surface area contributed by atoms with Gasteiger partial charge in [0.05, 0.1) is 12.5 Å². The highest BCUT2D eigenvalue weighted by Crippen LogP contribution is 2.36. The van der Waals surface area contributed by atoms with E-state index in [0.29, 0.717) is 0 Å². The number of hydrogen-bond acceptors (Lipinski definition) is 2. The third-order valence-corrected chi connectivity index (χ3v) is 1.81. The molecule has 0 saturated carbocycles. The molecule has 2 unspecified atom stereocenters. The first kappa shape index (κ1) is 15.4. The molecule has 2 nitrogen and oxygen atoms in total. The Morgan fingerprint density at radius 2 is 1.50 bits per heavy atom. The van der Waals surface area contributed by atoms with E-state index in [0.717, 1.165) is 0 Å². The zero-order valence-electron chi connectivity index (χ0n) is 8.12. The van der Waals surface area contributed by atoms with Crippen LogP contribution < -0.4 is 5.73 Å². The molecule has 0 spiro atoms. The van der Waals surface area contributed by atoms with Crippen LogP contribution in [0.4, 0.5) is 30.7 Å². The third kappa shape index (κ3) is 4.12. The molecule has 0 aliphatic rings. The number of hydrogen-bond donors (Lipinski definition) is 1. The average Bonchev–Trinajstić information content (AvgIpc) is 2.00. The lowest BCUT2D eigenvalue weighted by atomic mass is 10.1. The van der Waals surface area contributed by atoms with Gasteiger partial charge in [0.25, 0.3) is 0 Å². The largest absolute Gasteiger partial charge is 0.448 e. The Kier molecular flexibility index (Phi) is 4.57. The third-order valence-electron chi connectivity index (χ3n) is 1.81. The Morgan fingerprint density at radius 3 is 1.75 bits per heavy atom. The van der Waals surface area contributed by atoms with E-state index < -0.39 is 37.3 Å². The first-order valence-electron chi connectivity index (χ1n) is 4.08. The van der Waals surface area contributed by atoms with Gasteiger partial charge in [-0.3, -0.25) is 0 Å². The lowest BCUT2D eigenvalue weighted by molar-refractivity contribution is -0.333. The van der Waals surface area contributed by atoms with E-state index in [2.05, 4.69) is 4.74 Å².